The summed E-state index contributed by atoms with van der Waals surface area (Å²) in [6.45, 7) is 3.63. The van der Waals surface area contributed by atoms with Crippen LogP contribution in [-0.2, 0) is 14.3 Å². The maximum Gasteiger partial charge on any atom is 0.220 e. The first-order valence-electron chi connectivity index (χ1n) is 30.5. The number of aliphatic hydroxyl groups excluding tert-OH is 5. The van der Waals surface area contributed by atoms with E-state index < -0.39 is 49.5 Å². The third kappa shape index (κ3) is 41.2. The smallest absolute Gasteiger partial charge is 0.220 e. The number of rotatable bonds is 52. The molecule has 6 N–H and O–H groups in total. The van der Waals surface area contributed by atoms with Gasteiger partial charge >= 0.3 is 0 Å². The summed E-state index contributed by atoms with van der Waals surface area (Å²) in [5.74, 6) is -0.177. The van der Waals surface area contributed by atoms with E-state index in [-0.39, 0.29) is 12.5 Å². The molecule has 0 spiro atoms. The van der Waals surface area contributed by atoms with Gasteiger partial charge in [-0.2, -0.15) is 0 Å². The highest BCUT2D eigenvalue weighted by atomic mass is 16.7. The molecule has 1 heterocycles. The van der Waals surface area contributed by atoms with Gasteiger partial charge in [0.2, 0.25) is 5.91 Å². The number of amides is 1. The number of allylic oxidation sites excluding steroid dienone is 9. The van der Waals surface area contributed by atoms with E-state index in [0.29, 0.717) is 6.42 Å². The van der Waals surface area contributed by atoms with Gasteiger partial charge in [0.05, 0.1) is 25.4 Å². The van der Waals surface area contributed by atoms with Crippen molar-refractivity contribution in [3.05, 3.63) is 60.8 Å². The zero-order valence-electron chi connectivity index (χ0n) is 46.7. The molecule has 0 radical (unpaired) electrons. The van der Waals surface area contributed by atoms with Gasteiger partial charge in [-0.15, -0.1) is 0 Å². The van der Waals surface area contributed by atoms with Crippen LogP contribution in [0.5, 0.6) is 0 Å². The molecule has 0 aromatic rings. The van der Waals surface area contributed by atoms with E-state index >= 15 is 0 Å². The lowest BCUT2D eigenvalue weighted by atomic mass is 9.99. The van der Waals surface area contributed by atoms with Crippen LogP contribution in [0.2, 0.25) is 0 Å². The van der Waals surface area contributed by atoms with Crippen molar-refractivity contribution in [2.45, 2.75) is 320 Å². The van der Waals surface area contributed by atoms with E-state index in [1.807, 2.05) is 6.08 Å². The SMILES string of the molecule is CC/C=C\C/C=C\C/C=C\C/C=C\CCCCCCCCCCCCCCCCCCCCCCCCCCCCCCC(=O)NC(COC1OC(CO)C(O)C(O)C1O)C(O)/C=C/CCCCCCCC. The summed E-state index contributed by atoms with van der Waals surface area (Å²) in [5, 5.41) is 54.2. The van der Waals surface area contributed by atoms with E-state index in [0.717, 1.165) is 64.2 Å². The van der Waals surface area contributed by atoms with Crippen LogP contribution < -0.4 is 5.32 Å². The van der Waals surface area contributed by atoms with Gasteiger partial charge < -0.3 is 40.3 Å². The fourth-order valence-electron chi connectivity index (χ4n) is 9.56. The van der Waals surface area contributed by atoms with Gasteiger partial charge in [0, 0.05) is 6.42 Å². The van der Waals surface area contributed by atoms with Crippen molar-refractivity contribution in [1.82, 2.24) is 5.32 Å². The largest absolute Gasteiger partial charge is 0.394 e. The molecule has 0 aromatic heterocycles. The molecule has 7 unspecified atom stereocenters. The van der Waals surface area contributed by atoms with Crippen LogP contribution in [0, 0.1) is 0 Å². The predicted molar refractivity (Wildman–Crippen MR) is 304 cm³/mol. The molecule has 9 heteroatoms. The molecule has 1 aliphatic rings. The normalized spacial score (nSPS) is 19.6. The maximum absolute atomic E-state index is 13.0. The van der Waals surface area contributed by atoms with Crippen molar-refractivity contribution in [3.8, 4) is 0 Å². The Morgan fingerprint density at radius 1 is 0.486 bits per heavy atom. The van der Waals surface area contributed by atoms with Crippen molar-refractivity contribution in [2.75, 3.05) is 13.2 Å². The van der Waals surface area contributed by atoms with Gasteiger partial charge in [0.25, 0.3) is 0 Å². The van der Waals surface area contributed by atoms with Gasteiger partial charge in [-0.1, -0.05) is 274 Å². The van der Waals surface area contributed by atoms with Gasteiger partial charge in [-0.25, -0.2) is 0 Å². The fourth-order valence-corrected chi connectivity index (χ4v) is 9.56. The highest BCUT2D eigenvalue weighted by Gasteiger charge is 2.44. The topological polar surface area (TPSA) is 149 Å². The van der Waals surface area contributed by atoms with Crippen molar-refractivity contribution < 1.29 is 39.8 Å². The molecule has 0 aromatic carbocycles. The first-order valence-corrected chi connectivity index (χ1v) is 30.5. The molecule has 72 heavy (non-hydrogen) atoms. The highest BCUT2D eigenvalue weighted by Crippen LogP contribution is 2.23. The molecule has 1 amide bonds. The predicted octanol–water partition coefficient (Wildman–Crippen LogP) is 15.5. The van der Waals surface area contributed by atoms with Gasteiger partial charge in [-0.05, 0) is 57.8 Å². The quantitative estimate of drug-likeness (QED) is 0.0261. The Balaban J connectivity index is 1.95. The Bertz CT molecular complexity index is 1310. The van der Waals surface area contributed by atoms with Crippen molar-refractivity contribution in [1.29, 1.82) is 0 Å². The fraction of sp³-hybridized carbons (Fsp3) is 0.825. The lowest BCUT2D eigenvalue weighted by Crippen LogP contribution is -2.60. The van der Waals surface area contributed by atoms with Gasteiger partial charge in [-0.3, -0.25) is 4.79 Å². The molecular weight excluding hydrogens is 899 g/mol. The zero-order chi connectivity index (χ0) is 52.2. The summed E-state index contributed by atoms with van der Waals surface area (Å²) in [6.07, 6.45) is 65.0. The molecule has 9 nitrogen and oxygen atoms in total. The van der Waals surface area contributed by atoms with E-state index in [2.05, 4.69) is 67.8 Å². The van der Waals surface area contributed by atoms with E-state index in [4.69, 9.17) is 9.47 Å². The number of hydrogen-bond acceptors (Lipinski definition) is 8. The minimum absolute atomic E-state index is 0.177. The number of hydrogen-bond donors (Lipinski definition) is 6. The summed E-state index contributed by atoms with van der Waals surface area (Å²) in [5.41, 5.74) is 0. The molecule has 0 saturated carbocycles. The van der Waals surface area contributed by atoms with Crippen LogP contribution in [0.4, 0.5) is 0 Å². The third-order valence-electron chi connectivity index (χ3n) is 14.3. The van der Waals surface area contributed by atoms with Crippen LogP contribution in [0.25, 0.3) is 0 Å². The van der Waals surface area contributed by atoms with Gasteiger partial charge in [0.15, 0.2) is 6.29 Å². The first-order chi connectivity index (χ1) is 35.3. The Morgan fingerprint density at radius 3 is 1.28 bits per heavy atom. The minimum atomic E-state index is -1.56. The Morgan fingerprint density at radius 2 is 0.861 bits per heavy atom. The Kier molecular flexibility index (Phi) is 49.4. The summed E-state index contributed by atoms with van der Waals surface area (Å²) < 4.78 is 11.2. The zero-order valence-corrected chi connectivity index (χ0v) is 46.7. The number of carbonyl (C=O) groups excluding carboxylic acids is 1. The Hall–Kier alpha value is -2.11. The molecule has 0 bridgehead atoms. The molecule has 1 saturated heterocycles. The Labute approximate surface area is 443 Å². The highest BCUT2D eigenvalue weighted by molar-refractivity contribution is 5.76. The summed E-state index contributed by atoms with van der Waals surface area (Å²) in [7, 11) is 0. The van der Waals surface area contributed by atoms with Crippen LogP contribution in [0.1, 0.15) is 277 Å². The molecule has 7 atom stereocenters. The van der Waals surface area contributed by atoms with Crippen LogP contribution >= 0.6 is 0 Å². The third-order valence-corrected chi connectivity index (χ3v) is 14.3. The van der Waals surface area contributed by atoms with E-state index in [1.54, 1.807) is 6.08 Å². The first kappa shape index (κ1) is 67.9. The average Bonchev–Trinajstić information content (AvgIpc) is 3.38. The second-order valence-corrected chi connectivity index (χ2v) is 21.1. The average molecular weight is 1010 g/mol. The van der Waals surface area contributed by atoms with Crippen molar-refractivity contribution >= 4 is 5.91 Å². The van der Waals surface area contributed by atoms with Crippen molar-refractivity contribution in [2.24, 2.45) is 0 Å². The van der Waals surface area contributed by atoms with Crippen molar-refractivity contribution in [3.63, 3.8) is 0 Å². The molecular formula is C63H115NO8. The summed E-state index contributed by atoms with van der Waals surface area (Å²) in [4.78, 5) is 13.0. The van der Waals surface area contributed by atoms with Crippen LogP contribution in [0.3, 0.4) is 0 Å². The molecule has 1 fully saturated rings. The molecule has 420 valence electrons. The van der Waals surface area contributed by atoms with Crippen LogP contribution in [0.15, 0.2) is 60.8 Å². The second-order valence-electron chi connectivity index (χ2n) is 21.1. The summed E-state index contributed by atoms with van der Waals surface area (Å²) in [6, 6.07) is -0.801. The second kappa shape index (κ2) is 52.3. The maximum atomic E-state index is 13.0. The number of aliphatic hydroxyl groups is 5. The standard InChI is InChI=1S/C63H115NO8/c1-3-5-7-9-11-13-14-15-16-17-18-19-20-21-22-23-24-25-26-27-28-29-30-31-32-33-34-35-36-37-38-39-40-41-42-43-44-45-47-49-51-53-59(67)64-56(57(66)52-50-48-46-12-10-8-6-4-2)55-71-63-62(70)61(69)60(68)58(54-65)72-63/h5,7,11,13,15-16,18-19,50,52,56-58,60-63,65-66,68-70H,3-4,6,8-10,12,14,17,20-49,51,53-55H2,1-2H3,(H,64,67)/b7-5-,13-11-,16-15-,19-18-,52-50+. The van der Waals surface area contributed by atoms with E-state index in [9.17, 15) is 30.3 Å². The monoisotopic (exact) mass is 1010 g/mol. The minimum Gasteiger partial charge on any atom is -0.394 e. The molecule has 1 aliphatic heterocycles. The molecule has 1 rings (SSSR count). The number of nitrogens with one attached hydrogen (secondary N) is 1. The number of ether oxygens (including phenoxy) is 2. The summed E-state index contributed by atoms with van der Waals surface area (Å²) >= 11 is 0. The molecule has 0 aliphatic carbocycles. The lowest BCUT2D eigenvalue weighted by Gasteiger charge is -2.40. The number of carbonyl (C=O) groups is 1. The van der Waals surface area contributed by atoms with Crippen LogP contribution in [-0.4, -0.2) is 87.5 Å². The lowest BCUT2D eigenvalue weighted by molar-refractivity contribution is -0.302. The number of unbranched alkanes of at least 4 members (excludes halogenated alkanes) is 34. The van der Waals surface area contributed by atoms with Gasteiger partial charge in [0.1, 0.15) is 24.4 Å². The van der Waals surface area contributed by atoms with E-state index in [1.165, 1.54) is 193 Å².